The monoisotopic (exact) mass is 264 g/mol. The Labute approximate surface area is 118 Å². The van der Waals surface area contributed by atoms with Crippen LogP contribution in [0.2, 0.25) is 0 Å². The number of methoxy groups -OCH3 is 1. The van der Waals surface area contributed by atoms with Crippen molar-refractivity contribution in [3.63, 3.8) is 0 Å². The minimum atomic E-state index is 0.574. The molecule has 3 nitrogen and oxygen atoms in total. The molecule has 0 aliphatic carbocycles. The number of benzene rings is 1. The first-order chi connectivity index (χ1) is 9.24. The maximum atomic E-state index is 5.06. The summed E-state index contributed by atoms with van der Waals surface area (Å²) in [5, 5.41) is 3.43. The van der Waals surface area contributed by atoms with Gasteiger partial charge in [-0.2, -0.15) is 0 Å². The minimum Gasteiger partial charge on any atom is -0.383 e. The average Bonchev–Trinajstić information content (AvgIpc) is 2.45. The fourth-order valence-electron chi connectivity index (χ4n) is 2.28. The van der Waals surface area contributed by atoms with Crippen LogP contribution in [0.4, 0.5) is 5.69 Å². The third kappa shape index (κ3) is 4.84. The normalized spacial score (nSPS) is 12.4. The van der Waals surface area contributed by atoms with E-state index in [2.05, 4.69) is 55.3 Å². The number of anilines is 1. The quantitative estimate of drug-likeness (QED) is 0.694. The van der Waals surface area contributed by atoms with Crippen molar-refractivity contribution in [2.75, 3.05) is 31.7 Å². The van der Waals surface area contributed by atoms with Crippen LogP contribution in [-0.4, -0.2) is 32.8 Å². The molecule has 0 bridgehead atoms. The van der Waals surface area contributed by atoms with Crippen molar-refractivity contribution < 1.29 is 4.74 Å². The molecule has 0 aliphatic heterocycles. The van der Waals surface area contributed by atoms with Crippen LogP contribution in [0.25, 0.3) is 0 Å². The molecule has 1 rings (SSSR count). The number of ether oxygens (including phenoxy) is 1. The van der Waals surface area contributed by atoms with Crippen LogP contribution < -0.4 is 10.2 Å². The molecule has 0 aliphatic rings. The molecule has 1 aromatic carbocycles. The molecule has 3 heteroatoms. The number of nitrogens with zero attached hydrogens (tertiary/aromatic N) is 1. The third-order valence-electron chi connectivity index (χ3n) is 3.56. The first-order valence-corrected chi connectivity index (χ1v) is 7.28. The summed E-state index contributed by atoms with van der Waals surface area (Å²) in [5.74, 6) is 0. The molecule has 1 N–H and O–H groups in total. The van der Waals surface area contributed by atoms with Crippen LogP contribution in [0.15, 0.2) is 24.3 Å². The number of hydrogen-bond acceptors (Lipinski definition) is 3. The van der Waals surface area contributed by atoms with Crippen LogP contribution in [0.3, 0.4) is 0 Å². The molecule has 0 saturated carbocycles. The Balaban J connectivity index is 2.76. The van der Waals surface area contributed by atoms with Gasteiger partial charge in [0.15, 0.2) is 0 Å². The van der Waals surface area contributed by atoms with E-state index in [9.17, 15) is 0 Å². The molecule has 0 aromatic heterocycles. The smallest absolute Gasteiger partial charge is 0.0587 e. The summed E-state index contributed by atoms with van der Waals surface area (Å²) in [6.07, 6.45) is 1.17. The summed E-state index contributed by atoms with van der Waals surface area (Å²) in [6.45, 7) is 10.3. The summed E-state index contributed by atoms with van der Waals surface area (Å²) in [6, 6.07) is 9.24. The summed E-state index contributed by atoms with van der Waals surface area (Å²) in [4.78, 5) is 2.48. The van der Waals surface area contributed by atoms with Gasteiger partial charge in [-0.15, -0.1) is 0 Å². The Kier molecular flexibility index (Phi) is 7.53. The van der Waals surface area contributed by atoms with Crippen LogP contribution in [0, 0.1) is 0 Å². The van der Waals surface area contributed by atoms with E-state index in [1.54, 1.807) is 7.11 Å². The van der Waals surface area contributed by atoms with E-state index < -0.39 is 0 Å². The molecule has 108 valence electrons. The van der Waals surface area contributed by atoms with E-state index in [-0.39, 0.29) is 0 Å². The van der Waals surface area contributed by atoms with Gasteiger partial charge in [-0.25, -0.2) is 0 Å². The lowest BCUT2D eigenvalue weighted by molar-refractivity contribution is 0.199. The lowest BCUT2D eigenvalue weighted by atomic mass is 10.1. The maximum absolute atomic E-state index is 5.06. The second-order valence-electron chi connectivity index (χ2n) is 4.84. The van der Waals surface area contributed by atoms with E-state index in [4.69, 9.17) is 4.74 Å². The van der Waals surface area contributed by atoms with E-state index in [1.807, 2.05) is 0 Å². The molecular formula is C16H28N2O. The van der Waals surface area contributed by atoms with Gasteiger partial charge in [0.1, 0.15) is 0 Å². The van der Waals surface area contributed by atoms with Crippen LogP contribution in [0.1, 0.15) is 32.8 Å². The van der Waals surface area contributed by atoms with Gasteiger partial charge in [-0.3, -0.25) is 0 Å². The van der Waals surface area contributed by atoms with Gasteiger partial charge in [0.25, 0.3) is 0 Å². The van der Waals surface area contributed by atoms with E-state index in [0.717, 1.165) is 26.2 Å². The second kappa shape index (κ2) is 8.94. The zero-order chi connectivity index (χ0) is 14.1. The first-order valence-electron chi connectivity index (χ1n) is 7.28. The molecule has 0 spiro atoms. The Morgan fingerprint density at radius 3 is 2.63 bits per heavy atom. The molecule has 0 radical (unpaired) electrons. The minimum absolute atomic E-state index is 0.574. The summed E-state index contributed by atoms with van der Waals surface area (Å²) in [7, 11) is 1.73. The van der Waals surface area contributed by atoms with Crippen LogP contribution in [0.5, 0.6) is 0 Å². The highest BCUT2D eigenvalue weighted by Crippen LogP contribution is 2.23. The molecular weight excluding hydrogens is 236 g/mol. The third-order valence-corrected chi connectivity index (χ3v) is 3.56. The lowest BCUT2D eigenvalue weighted by Gasteiger charge is -2.31. The molecule has 0 amide bonds. The van der Waals surface area contributed by atoms with Gasteiger partial charge >= 0.3 is 0 Å². The summed E-state index contributed by atoms with van der Waals surface area (Å²) in [5.41, 5.74) is 2.71. The van der Waals surface area contributed by atoms with Crippen molar-refractivity contribution in [1.82, 2.24) is 5.32 Å². The lowest BCUT2D eigenvalue weighted by Crippen LogP contribution is -2.33. The Hall–Kier alpha value is -1.06. The van der Waals surface area contributed by atoms with Gasteiger partial charge in [0.2, 0.25) is 0 Å². The topological polar surface area (TPSA) is 24.5 Å². The molecule has 1 aromatic rings. The number of rotatable bonds is 9. The van der Waals surface area contributed by atoms with Gasteiger partial charge in [0.05, 0.1) is 6.61 Å². The first kappa shape index (κ1) is 16.0. The fraction of sp³-hybridized carbons (Fsp3) is 0.625. The predicted molar refractivity (Wildman–Crippen MR) is 82.8 cm³/mol. The molecule has 19 heavy (non-hydrogen) atoms. The van der Waals surface area contributed by atoms with Gasteiger partial charge < -0.3 is 15.0 Å². The summed E-state index contributed by atoms with van der Waals surface area (Å²) >= 11 is 0. The van der Waals surface area contributed by atoms with Crippen molar-refractivity contribution >= 4 is 5.69 Å². The number of nitrogens with one attached hydrogen (secondary N) is 1. The van der Waals surface area contributed by atoms with Crippen molar-refractivity contribution in [2.24, 2.45) is 0 Å². The Morgan fingerprint density at radius 2 is 2.00 bits per heavy atom. The van der Waals surface area contributed by atoms with Crippen molar-refractivity contribution in [3.05, 3.63) is 29.8 Å². The molecule has 0 saturated heterocycles. The Bertz CT molecular complexity index is 354. The average molecular weight is 264 g/mol. The van der Waals surface area contributed by atoms with Crippen molar-refractivity contribution in [2.45, 2.75) is 39.8 Å². The fourth-order valence-corrected chi connectivity index (χ4v) is 2.28. The molecule has 1 atom stereocenters. The van der Waals surface area contributed by atoms with E-state index >= 15 is 0 Å². The predicted octanol–water partition coefficient (Wildman–Crippen LogP) is 3.05. The maximum Gasteiger partial charge on any atom is 0.0587 e. The molecule has 0 fully saturated rings. The molecule has 0 heterocycles. The highest BCUT2D eigenvalue weighted by atomic mass is 16.5. The van der Waals surface area contributed by atoms with Gasteiger partial charge in [0, 0.05) is 38.5 Å². The molecule has 1 unspecified atom stereocenters. The van der Waals surface area contributed by atoms with Crippen molar-refractivity contribution in [1.29, 1.82) is 0 Å². The summed E-state index contributed by atoms with van der Waals surface area (Å²) < 4.78 is 5.06. The van der Waals surface area contributed by atoms with E-state index in [0.29, 0.717) is 6.04 Å². The van der Waals surface area contributed by atoms with Gasteiger partial charge in [-0.05, 0) is 31.9 Å². The van der Waals surface area contributed by atoms with Gasteiger partial charge in [-0.1, -0.05) is 25.1 Å². The van der Waals surface area contributed by atoms with Crippen LogP contribution in [-0.2, 0) is 11.3 Å². The standard InChI is InChI=1S/C16H28N2O/c1-5-14(3)18(6-2)16-10-8-7-9-15(16)13-17-11-12-19-4/h7-10,14,17H,5-6,11-13H2,1-4H3. The highest BCUT2D eigenvalue weighted by molar-refractivity contribution is 5.54. The largest absolute Gasteiger partial charge is 0.383 e. The van der Waals surface area contributed by atoms with E-state index in [1.165, 1.54) is 17.7 Å². The SMILES string of the molecule is CCC(C)N(CC)c1ccccc1CNCCOC. The number of hydrogen-bond donors (Lipinski definition) is 1. The Morgan fingerprint density at radius 1 is 1.26 bits per heavy atom. The highest BCUT2D eigenvalue weighted by Gasteiger charge is 2.13. The van der Waals surface area contributed by atoms with Crippen LogP contribution >= 0.6 is 0 Å². The zero-order valence-corrected chi connectivity index (χ0v) is 12.8. The van der Waals surface area contributed by atoms with Crippen molar-refractivity contribution in [3.8, 4) is 0 Å². The second-order valence-corrected chi connectivity index (χ2v) is 4.84. The zero-order valence-electron chi connectivity index (χ0n) is 12.8. The number of para-hydroxylation sites is 1.